The molecule has 1 atom stereocenters. The van der Waals surface area contributed by atoms with Gasteiger partial charge in [-0.05, 0) is 74.3 Å². The van der Waals surface area contributed by atoms with Crippen molar-refractivity contribution in [3.05, 3.63) is 40.9 Å². The maximum absolute atomic E-state index is 13.2. The van der Waals surface area contributed by atoms with E-state index in [-0.39, 0.29) is 17.4 Å². The molecule has 0 bridgehead atoms. The van der Waals surface area contributed by atoms with E-state index in [9.17, 15) is 9.59 Å². The van der Waals surface area contributed by atoms with Gasteiger partial charge in [0.05, 0.1) is 29.3 Å². The number of pyridine rings is 2. The summed E-state index contributed by atoms with van der Waals surface area (Å²) in [5.74, 6) is -0.501. The topological polar surface area (TPSA) is 122 Å². The van der Waals surface area contributed by atoms with Gasteiger partial charge in [-0.15, -0.1) is 0 Å². The highest BCUT2D eigenvalue weighted by molar-refractivity contribution is 9.10. The molecule has 0 aliphatic carbocycles. The summed E-state index contributed by atoms with van der Waals surface area (Å²) in [5, 5.41) is 6.12. The number of piperidine rings is 1. The smallest absolute Gasteiger partial charge is 0.415 e. The number of anilines is 3. The fraction of sp³-hybridized carbons (Fsp3) is 0.429. The van der Waals surface area contributed by atoms with Crippen LogP contribution < -0.4 is 21.3 Å². The number of nitrogen functional groups attached to an aromatic ring is 1. The molecule has 1 aliphatic heterocycles. The molecule has 0 radical (unpaired) electrons. The Labute approximate surface area is 189 Å². The average molecular weight is 491 g/mol. The van der Waals surface area contributed by atoms with E-state index in [1.54, 1.807) is 29.3 Å². The summed E-state index contributed by atoms with van der Waals surface area (Å²) in [6.07, 6.45) is 4.32. The minimum Gasteiger partial charge on any atom is -0.443 e. The first-order valence-corrected chi connectivity index (χ1v) is 10.9. The van der Waals surface area contributed by atoms with E-state index < -0.39 is 17.6 Å². The molecular formula is C21H27BrN6O3. The maximum Gasteiger partial charge on any atom is 0.415 e. The van der Waals surface area contributed by atoms with Crippen LogP contribution in [0.2, 0.25) is 0 Å². The van der Waals surface area contributed by atoms with Gasteiger partial charge in [-0.1, -0.05) is 0 Å². The summed E-state index contributed by atoms with van der Waals surface area (Å²) >= 11 is 3.25. The van der Waals surface area contributed by atoms with Crippen molar-refractivity contribution in [2.45, 2.75) is 45.3 Å². The van der Waals surface area contributed by atoms with E-state index >= 15 is 0 Å². The second kappa shape index (κ2) is 9.61. The molecule has 166 valence electrons. The molecule has 2 amide bonds. The summed E-state index contributed by atoms with van der Waals surface area (Å²) in [4.78, 5) is 35.9. The van der Waals surface area contributed by atoms with Crippen molar-refractivity contribution in [1.29, 1.82) is 0 Å². The quantitative estimate of drug-likeness (QED) is 0.559. The molecule has 0 unspecified atom stereocenters. The van der Waals surface area contributed by atoms with Gasteiger partial charge in [0.25, 0.3) is 5.91 Å². The van der Waals surface area contributed by atoms with Crippen molar-refractivity contribution in [2.24, 2.45) is 0 Å². The number of nitrogens with zero attached hydrogens (tertiary/aromatic N) is 3. The third-order valence-corrected chi connectivity index (χ3v) is 5.08. The predicted octanol–water partition coefficient (Wildman–Crippen LogP) is 3.57. The summed E-state index contributed by atoms with van der Waals surface area (Å²) in [6.45, 7) is 6.97. The zero-order chi connectivity index (χ0) is 22.6. The molecule has 1 aliphatic rings. The minimum absolute atomic E-state index is 0.0762. The van der Waals surface area contributed by atoms with Crippen molar-refractivity contribution < 1.29 is 14.3 Å². The van der Waals surface area contributed by atoms with Gasteiger partial charge in [0, 0.05) is 12.7 Å². The monoisotopic (exact) mass is 490 g/mol. The van der Waals surface area contributed by atoms with Gasteiger partial charge in [-0.25, -0.2) is 9.78 Å². The second-order valence-corrected chi connectivity index (χ2v) is 9.08. The van der Waals surface area contributed by atoms with E-state index in [2.05, 4.69) is 36.5 Å². The summed E-state index contributed by atoms with van der Waals surface area (Å²) in [5.41, 5.74) is 6.44. The largest absolute Gasteiger partial charge is 0.443 e. The first-order chi connectivity index (χ1) is 14.7. The Kier molecular flexibility index (Phi) is 7.11. The molecule has 9 nitrogen and oxygen atoms in total. The molecule has 0 saturated carbocycles. The van der Waals surface area contributed by atoms with Crippen LogP contribution in [0, 0.1) is 0 Å². The lowest BCUT2D eigenvalue weighted by Crippen LogP contribution is -2.50. The Balaban J connectivity index is 1.96. The molecule has 3 heterocycles. The molecular weight excluding hydrogens is 464 g/mol. The Morgan fingerprint density at radius 2 is 2.10 bits per heavy atom. The van der Waals surface area contributed by atoms with Gasteiger partial charge in [0.2, 0.25) is 0 Å². The first-order valence-electron chi connectivity index (χ1n) is 10.1. The number of nitrogens with one attached hydrogen (secondary N) is 2. The fourth-order valence-electron chi connectivity index (χ4n) is 3.31. The fourth-order valence-corrected chi connectivity index (χ4v) is 3.62. The lowest BCUT2D eigenvalue weighted by atomic mass is 10.1. The Morgan fingerprint density at radius 3 is 2.77 bits per heavy atom. The lowest BCUT2D eigenvalue weighted by Gasteiger charge is -2.36. The maximum atomic E-state index is 13.2. The van der Waals surface area contributed by atoms with Crippen molar-refractivity contribution in [1.82, 2.24) is 15.3 Å². The van der Waals surface area contributed by atoms with Crippen LogP contribution in [0.15, 0.2) is 35.2 Å². The van der Waals surface area contributed by atoms with Crippen LogP contribution in [0.3, 0.4) is 0 Å². The number of halogens is 1. The van der Waals surface area contributed by atoms with Crippen molar-refractivity contribution in [2.75, 3.05) is 29.0 Å². The highest BCUT2D eigenvalue weighted by Gasteiger charge is 2.32. The number of hydrogen-bond acceptors (Lipinski definition) is 7. The van der Waals surface area contributed by atoms with Gasteiger partial charge in [-0.3, -0.25) is 14.7 Å². The molecule has 4 N–H and O–H groups in total. The molecule has 2 aromatic heterocycles. The van der Waals surface area contributed by atoms with Crippen molar-refractivity contribution in [3.63, 3.8) is 0 Å². The number of amides is 2. The van der Waals surface area contributed by atoms with E-state index in [1.807, 2.05) is 20.8 Å². The Bertz CT molecular complexity index is 956. The number of nitrogens with two attached hydrogens (primary N) is 1. The van der Waals surface area contributed by atoms with E-state index in [0.717, 1.165) is 19.4 Å². The van der Waals surface area contributed by atoms with E-state index in [0.29, 0.717) is 22.5 Å². The first kappa shape index (κ1) is 23.0. The third kappa shape index (κ3) is 5.92. The molecule has 31 heavy (non-hydrogen) atoms. The average Bonchev–Trinajstić information content (AvgIpc) is 2.70. The van der Waals surface area contributed by atoms with Crippen LogP contribution >= 0.6 is 15.9 Å². The molecule has 1 fully saturated rings. The zero-order valence-electron chi connectivity index (χ0n) is 17.8. The molecule has 3 rings (SSSR count). The SMILES string of the molecule is CC(C)(C)OC(=O)N(c1ccncc1NC(=O)c1nc(Br)ccc1N)[C@H]1CCCNC1. The van der Waals surface area contributed by atoms with E-state index in [1.165, 1.54) is 6.20 Å². The third-order valence-electron chi connectivity index (χ3n) is 4.64. The van der Waals surface area contributed by atoms with Crippen LogP contribution in [0.4, 0.5) is 21.9 Å². The number of rotatable bonds is 4. The molecule has 0 aromatic carbocycles. The minimum atomic E-state index is -0.664. The lowest BCUT2D eigenvalue weighted by molar-refractivity contribution is 0.0560. The van der Waals surface area contributed by atoms with E-state index in [4.69, 9.17) is 10.5 Å². The van der Waals surface area contributed by atoms with Gasteiger partial charge in [0.15, 0.2) is 5.69 Å². The van der Waals surface area contributed by atoms with Crippen LogP contribution in [0.1, 0.15) is 44.1 Å². The highest BCUT2D eigenvalue weighted by Crippen LogP contribution is 2.31. The zero-order valence-corrected chi connectivity index (χ0v) is 19.4. The molecule has 1 saturated heterocycles. The van der Waals surface area contributed by atoms with Gasteiger partial charge >= 0.3 is 6.09 Å². The van der Waals surface area contributed by atoms with Gasteiger partial charge < -0.3 is 21.1 Å². The second-order valence-electron chi connectivity index (χ2n) is 8.27. The van der Waals surface area contributed by atoms with Crippen molar-refractivity contribution >= 4 is 45.0 Å². The predicted molar refractivity (Wildman–Crippen MR) is 123 cm³/mol. The highest BCUT2D eigenvalue weighted by atomic mass is 79.9. The molecule has 10 heteroatoms. The number of carbonyl (C=O) groups excluding carboxylic acids is 2. The Morgan fingerprint density at radius 1 is 1.32 bits per heavy atom. The summed E-state index contributed by atoms with van der Waals surface area (Å²) in [7, 11) is 0. The molecule has 2 aromatic rings. The van der Waals surface area contributed by atoms with Gasteiger partial charge in [0.1, 0.15) is 10.2 Å². The molecule has 0 spiro atoms. The number of ether oxygens (including phenoxy) is 1. The Hall–Kier alpha value is -2.72. The summed E-state index contributed by atoms with van der Waals surface area (Å²) < 4.78 is 6.16. The van der Waals surface area contributed by atoms with Gasteiger partial charge in [-0.2, -0.15) is 0 Å². The number of hydrogen-bond donors (Lipinski definition) is 3. The normalized spacial score (nSPS) is 16.5. The standard InChI is InChI=1S/C21H27BrN6O3/c1-21(2,3)31-20(30)28(13-5-4-9-24-11-13)16-8-10-25-12-15(16)26-19(29)18-14(23)6-7-17(22)27-18/h6-8,10,12-13,24H,4-5,9,11,23H2,1-3H3,(H,26,29)/t13-/m0/s1. The summed E-state index contributed by atoms with van der Waals surface area (Å²) in [6, 6.07) is 4.81. The number of aromatic nitrogens is 2. The number of carbonyl (C=O) groups is 2. The van der Waals surface area contributed by atoms with Crippen LogP contribution in [-0.4, -0.2) is 46.7 Å². The van der Waals surface area contributed by atoms with Crippen LogP contribution in [0.5, 0.6) is 0 Å². The van der Waals surface area contributed by atoms with Crippen LogP contribution in [-0.2, 0) is 4.74 Å². The van der Waals surface area contributed by atoms with Crippen molar-refractivity contribution in [3.8, 4) is 0 Å². The van der Waals surface area contributed by atoms with Crippen LogP contribution in [0.25, 0.3) is 0 Å².